The molecule has 0 aliphatic rings. The van der Waals surface area contributed by atoms with Crippen molar-refractivity contribution in [3.05, 3.63) is 46.8 Å². The largest absolute Gasteiger partial charge is 0.490 e. The minimum Gasteiger partial charge on any atom is -0.490 e. The Hall–Kier alpha value is -1.77. The molecule has 1 unspecified atom stereocenters. The first-order chi connectivity index (χ1) is 13.0. The molecule has 28 heavy (non-hydrogen) atoms. The van der Waals surface area contributed by atoms with Crippen molar-refractivity contribution in [2.75, 3.05) is 6.54 Å². The van der Waals surface area contributed by atoms with Crippen LogP contribution in [0.25, 0.3) is 0 Å². The Balaban J connectivity index is 0.00000392. The summed E-state index contributed by atoms with van der Waals surface area (Å²) in [7, 11) is 0. The number of guanidine groups is 1. The number of nitrogens with zero attached hydrogens (tertiary/aromatic N) is 2. The summed E-state index contributed by atoms with van der Waals surface area (Å²) in [5.74, 6) is 2.45. The van der Waals surface area contributed by atoms with Gasteiger partial charge in [-0.25, -0.2) is 4.99 Å². The summed E-state index contributed by atoms with van der Waals surface area (Å²) in [6.45, 7) is 12.3. The van der Waals surface area contributed by atoms with Gasteiger partial charge < -0.3 is 19.9 Å². The third-order valence-corrected chi connectivity index (χ3v) is 4.28. The van der Waals surface area contributed by atoms with Crippen LogP contribution < -0.4 is 15.4 Å². The fraction of sp³-hybridized carbons (Fsp3) is 0.524. The van der Waals surface area contributed by atoms with E-state index >= 15 is 0 Å². The maximum Gasteiger partial charge on any atom is 0.191 e. The standard InChI is InChI=1S/C21H32N4O2.HI/c1-6-16(5)26-20-11-15(4)9-10-17(20)13-23-21(22-8-3)24-14-19-12-18(7-2)25-27-19;/h9-12,16H,6-8,13-14H2,1-5H3,(H2,22,23,24);1H. The average molecular weight is 500 g/mol. The molecule has 0 saturated heterocycles. The van der Waals surface area contributed by atoms with Gasteiger partial charge in [0.05, 0.1) is 24.9 Å². The van der Waals surface area contributed by atoms with Crippen molar-refractivity contribution in [3.8, 4) is 5.75 Å². The van der Waals surface area contributed by atoms with Crippen molar-refractivity contribution in [1.29, 1.82) is 0 Å². The topological polar surface area (TPSA) is 71.7 Å². The van der Waals surface area contributed by atoms with Crippen molar-refractivity contribution in [2.24, 2.45) is 4.99 Å². The molecule has 156 valence electrons. The first kappa shape index (κ1) is 24.3. The molecule has 7 heteroatoms. The lowest BCUT2D eigenvalue weighted by Gasteiger charge is -2.16. The second kappa shape index (κ2) is 12.6. The van der Waals surface area contributed by atoms with E-state index in [-0.39, 0.29) is 30.1 Å². The Kier molecular flexibility index (Phi) is 11.0. The van der Waals surface area contributed by atoms with Crippen LogP contribution in [-0.2, 0) is 19.5 Å². The van der Waals surface area contributed by atoms with Crippen LogP contribution in [0.3, 0.4) is 0 Å². The maximum absolute atomic E-state index is 6.08. The van der Waals surface area contributed by atoms with Crippen LogP contribution in [0.5, 0.6) is 5.75 Å². The lowest BCUT2D eigenvalue weighted by atomic mass is 10.1. The van der Waals surface area contributed by atoms with Crippen LogP contribution in [0, 0.1) is 6.92 Å². The van der Waals surface area contributed by atoms with Gasteiger partial charge in [0.1, 0.15) is 5.75 Å². The van der Waals surface area contributed by atoms with Gasteiger partial charge in [0.25, 0.3) is 0 Å². The van der Waals surface area contributed by atoms with E-state index in [9.17, 15) is 0 Å². The van der Waals surface area contributed by atoms with E-state index in [4.69, 9.17) is 14.3 Å². The molecular formula is C21H33IN4O2. The van der Waals surface area contributed by atoms with Crippen molar-refractivity contribution < 1.29 is 9.26 Å². The van der Waals surface area contributed by atoms with E-state index in [0.29, 0.717) is 13.1 Å². The second-order valence-electron chi connectivity index (χ2n) is 6.63. The number of hydrogen-bond acceptors (Lipinski definition) is 4. The molecule has 1 aromatic heterocycles. The summed E-state index contributed by atoms with van der Waals surface area (Å²) in [5, 5.41) is 10.6. The van der Waals surface area contributed by atoms with Crippen molar-refractivity contribution in [1.82, 2.24) is 15.8 Å². The highest BCUT2D eigenvalue weighted by molar-refractivity contribution is 14.0. The molecule has 2 aromatic rings. The van der Waals surface area contributed by atoms with Gasteiger partial charge in [0.15, 0.2) is 11.7 Å². The molecule has 0 amide bonds. The minimum atomic E-state index is 0. The minimum absolute atomic E-state index is 0. The summed E-state index contributed by atoms with van der Waals surface area (Å²) in [4.78, 5) is 4.70. The van der Waals surface area contributed by atoms with E-state index in [0.717, 1.165) is 48.1 Å². The van der Waals surface area contributed by atoms with E-state index in [1.54, 1.807) is 0 Å². The first-order valence-electron chi connectivity index (χ1n) is 9.78. The van der Waals surface area contributed by atoms with Gasteiger partial charge in [-0.1, -0.05) is 31.1 Å². The van der Waals surface area contributed by atoms with Gasteiger partial charge in [0.2, 0.25) is 0 Å². The number of aliphatic imine (C=N–C) groups is 1. The summed E-state index contributed by atoms with van der Waals surface area (Å²) >= 11 is 0. The molecule has 0 aliphatic carbocycles. The third kappa shape index (κ3) is 7.69. The monoisotopic (exact) mass is 500 g/mol. The maximum atomic E-state index is 6.08. The van der Waals surface area contributed by atoms with E-state index < -0.39 is 0 Å². The summed E-state index contributed by atoms with van der Waals surface area (Å²) in [5.41, 5.74) is 3.22. The number of benzene rings is 1. The molecule has 0 aliphatic heterocycles. The van der Waals surface area contributed by atoms with Crippen molar-refractivity contribution >= 4 is 29.9 Å². The first-order valence-corrected chi connectivity index (χ1v) is 9.78. The number of nitrogens with one attached hydrogen (secondary N) is 2. The zero-order valence-corrected chi connectivity index (χ0v) is 19.9. The number of aromatic nitrogens is 1. The normalized spacial score (nSPS) is 12.2. The Bertz CT molecular complexity index is 746. The molecule has 1 heterocycles. The van der Waals surface area contributed by atoms with Gasteiger partial charge >= 0.3 is 0 Å². The number of rotatable bonds is 9. The molecule has 0 saturated carbocycles. The SMILES string of the molecule is CCNC(=NCc1ccc(C)cc1OC(C)CC)NCc1cc(CC)no1.I. The highest BCUT2D eigenvalue weighted by Gasteiger charge is 2.09. The zero-order valence-electron chi connectivity index (χ0n) is 17.5. The van der Waals surface area contributed by atoms with Gasteiger partial charge in [0, 0.05) is 18.2 Å². The molecule has 6 nitrogen and oxygen atoms in total. The summed E-state index contributed by atoms with van der Waals surface area (Å²) in [6, 6.07) is 8.23. The molecule has 2 N–H and O–H groups in total. The number of halogens is 1. The van der Waals surface area contributed by atoms with E-state index in [2.05, 4.69) is 61.7 Å². The van der Waals surface area contributed by atoms with E-state index in [1.165, 1.54) is 5.56 Å². The molecule has 0 fully saturated rings. The molecule has 0 bridgehead atoms. The zero-order chi connectivity index (χ0) is 19.6. The predicted octanol–water partition coefficient (Wildman–Crippen LogP) is 4.60. The Morgan fingerprint density at radius 2 is 2.00 bits per heavy atom. The molecule has 2 rings (SSSR count). The van der Waals surface area contributed by atoms with Gasteiger partial charge in [-0.3, -0.25) is 0 Å². The summed E-state index contributed by atoms with van der Waals surface area (Å²) in [6.07, 6.45) is 2.02. The quantitative estimate of drug-likeness (QED) is 0.299. The fourth-order valence-electron chi connectivity index (χ4n) is 2.48. The van der Waals surface area contributed by atoms with Crippen LogP contribution >= 0.6 is 24.0 Å². The van der Waals surface area contributed by atoms with Crippen LogP contribution in [0.1, 0.15) is 56.7 Å². The van der Waals surface area contributed by atoms with Gasteiger partial charge in [-0.15, -0.1) is 24.0 Å². The average Bonchev–Trinajstić information content (AvgIpc) is 3.13. The number of aryl methyl sites for hydroxylation is 2. The number of hydrogen-bond donors (Lipinski definition) is 2. The van der Waals surface area contributed by atoms with Gasteiger partial charge in [-0.05, 0) is 45.2 Å². The van der Waals surface area contributed by atoms with Crippen molar-refractivity contribution in [3.63, 3.8) is 0 Å². The lowest BCUT2D eigenvalue weighted by Crippen LogP contribution is -2.36. The Labute approximate surface area is 185 Å². The molecule has 1 atom stereocenters. The predicted molar refractivity (Wildman–Crippen MR) is 125 cm³/mol. The smallest absolute Gasteiger partial charge is 0.191 e. The van der Waals surface area contributed by atoms with Gasteiger partial charge in [-0.2, -0.15) is 0 Å². The Morgan fingerprint density at radius 1 is 1.21 bits per heavy atom. The van der Waals surface area contributed by atoms with E-state index in [1.807, 2.05) is 13.0 Å². The molecular weight excluding hydrogens is 467 g/mol. The Morgan fingerprint density at radius 3 is 2.64 bits per heavy atom. The van der Waals surface area contributed by atoms with Crippen LogP contribution in [0.15, 0.2) is 33.8 Å². The van der Waals surface area contributed by atoms with Crippen LogP contribution in [0.2, 0.25) is 0 Å². The highest BCUT2D eigenvalue weighted by atomic mass is 127. The lowest BCUT2D eigenvalue weighted by molar-refractivity contribution is 0.215. The van der Waals surface area contributed by atoms with Crippen LogP contribution in [-0.4, -0.2) is 23.8 Å². The molecule has 0 radical (unpaired) electrons. The van der Waals surface area contributed by atoms with Crippen LogP contribution in [0.4, 0.5) is 0 Å². The van der Waals surface area contributed by atoms with Crippen molar-refractivity contribution in [2.45, 2.75) is 66.7 Å². The molecule has 0 spiro atoms. The summed E-state index contributed by atoms with van der Waals surface area (Å²) < 4.78 is 11.4. The highest BCUT2D eigenvalue weighted by Crippen LogP contribution is 2.23. The number of ether oxygens (including phenoxy) is 1. The second-order valence-corrected chi connectivity index (χ2v) is 6.63. The molecule has 1 aromatic carbocycles. The fourth-order valence-corrected chi connectivity index (χ4v) is 2.48. The third-order valence-electron chi connectivity index (χ3n) is 4.28.